The van der Waals surface area contributed by atoms with Crippen molar-refractivity contribution in [3.8, 4) is 0 Å². The normalized spacial score (nSPS) is 18.3. The zero-order valence-corrected chi connectivity index (χ0v) is 9.77. The maximum absolute atomic E-state index is 11.3. The fraction of sp³-hybridized carbons (Fsp3) is 0.900. The first-order chi connectivity index (χ1) is 6.24. The van der Waals surface area contributed by atoms with Crippen molar-refractivity contribution >= 4 is 21.8 Å². The molecule has 1 amide bonds. The van der Waals surface area contributed by atoms with Gasteiger partial charge in [-0.25, -0.2) is 0 Å². The third-order valence-corrected chi connectivity index (χ3v) is 3.07. The molecule has 1 rings (SSSR count). The van der Waals surface area contributed by atoms with E-state index in [4.69, 9.17) is 0 Å². The minimum absolute atomic E-state index is 0.223. The zero-order chi connectivity index (χ0) is 9.68. The molecule has 0 aromatic rings. The van der Waals surface area contributed by atoms with E-state index in [1.54, 1.807) is 0 Å². The van der Waals surface area contributed by atoms with Crippen molar-refractivity contribution in [1.82, 2.24) is 5.32 Å². The van der Waals surface area contributed by atoms with E-state index in [2.05, 4.69) is 28.2 Å². The molecule has 0 heterocycles. The van der Waals surface area contributed by atoms with Crippen LogP contribution in [0.5, 0.6) is 0 Å². The Balaban J connectivity index is 2.02. The van der Waals surface area contributed by atoms with Gasteiger partial charge < -0.3 is 5.32 Å². The van der Waals surface area contributed by atoms with Crippen LogP contribution in [0.1, 0.15) is 39.0 Å². The number of carbonyl (C=O) groups is 1. The number of amides is 1. The van der Waals surface area contributed by atoms with Gasteiger partial charge in [-0.1, -0.05) is 15.9 Å². The summed E-state index contributed by atoms with van der Waals surface area (Å²) in [4.78, 5) is 11.3. The Morgan fingerprint density at radius 2 is 2.23 bits per heavy atom. The quantitative estimate of drug-likeness (QED) is 0.567. The first-order valence-corrected chi connectivity index (χ1v) is 6.21. The number of halogens is 1. The van der Waals surface area contributed by atoms with Crippen LogP contribution >= 0.6 is 15.9 Å². The maximum atomic E-state index is 11.3. The van der Waals surface area contributed by atoms with Gasteiger partial charge in [0, 0.05) is 17.8 Å². The largest absolute Gasteiger partial charge is 0.353 e. The van der Waals surface area contributed by atoms with E-state index in [1.165, 1.54) is 12.8 Å². The van der Waals surface area contributed by atoms with Crippen molar-refractivity contribution in [2.75, 3.05) is 5.33 Å². The van der Waals surface area contributed by atoms with E-state index in [-0.39, 0.29) is 5.91 Å². The van der Waals surface area contributed by atoms with Crippen LogP contribution in [0.4, 0.5) is 0 Å². The lowest BCUT2D eigenvalue weighted by atomic mass is 10.2. The smallest absolute Gasteiger partial charge is 0.220 e. The molecule has 1 fully saturated rings. The molecule has 3 heteroatoms. The summed E-state index contributed by atoms with van der Waals surface area (Å²) < 4.78 is 0. The van der Waals surface area contributed by atoms with E-state index in [0.717, 1.165) is 24.1 Å². The first-order valence-electron chi connectivity index (χ1n) is 5.09. The van der Waals surface area contributed by atoms with Gasteiger partial charge in [0.05, 0.1) is 0 Å². The molecule has 0 saturated heterocycles. The van der Waals surface area contributed by atoms with E-state index in [0.29, 0.717) is 12.5 Å². The molecule has 0 aliphatic heterocycles. The third kappa shape index (κ3) is 4.65. The van der Waals surface area contributed by atoms with Crippen LogP contribution in [0.15, 0.2) is 0 Å². The highest BCUT2D eigenvalue weighted by Gasteiger charge is 2.28. The van der Waals surface area contributed by atoms with Crippen LogP contribution in [0.3, 0.4) is 0 Å². The van der Waals surface area contributed by atoms with Gasteiger partial charge >= 0.3 is 0 Å². The van der Waals surface area contributed by atoms with E-state index < -0.39 is 0 Å². The molecular weight excluding hydrogens is 230 g/mol. The van der Waals surface area contributed by atoms with Gasteiger partial charge in [-0.2, -0.15) is 0 Å². The summed E-state index contributed by atoms with van der Waals surface area (Å²) in [6.07, 6.45) is 5.36. The fourth-order valence-electron chi connectivity index (χ4n) is 1.42. The Morgan fingerprint density at radius 3 is 2.77 bits per heavy atom. The van der Waals surface area contributed by atoms with Crippen molar-refractivity contribution < 1.29 is 4.79 Å². The van der Waals surface area contributed by atoms with Crippen molar-refractivity contribution in [1.29, 1.82) is 0 Å². The SMILES string of the molecule is CC(NC(=O)CCCCBr)C1CC1. The number of alkyl halides is 1. The number of hydrogen-bond acceptors (Lipinski definition) is 1. The van der Waals surface area contributed by atoms with E-state index in [9.17, 15) is 4.79 Å². The Morgan fingerprint density at radius 1 is 1.54 bits per heavy atom. The van der Waals surface area contributed by atoms with Crippen LogP contribution in [0.25, 0.3) is 0 Å². The summed E-state index contributed by atoms with van der Waals surface area (Å²) in [5.74, 6) is 0.987. The summed E-state index contributed by atoms with van der Waals surface area (Å²) in [5, 5.41) is 4.04. The van der Waals surface area contributed by atoms with Crippen LogP contribution in [-0.2, 0) is 4.79 Å². The van der Waals surface area contributed by atoms with Crippen LogP contribution in [-0.4, -0.2) is 17.3 Å². The Bertz CT molecular complexity index is 168. The molecular formula is C10H18BrNO. The fourth-order valence-corrected chi connectivity index (χ4v) is 1.82. The summed E-state index contributed by atoms with van der Waals surface area (Å²) in [7, 11) is 0. The van der Waals surface area contributed by atoms with Gasteiger partial charge in [-0.05, 0) is 38.5 Å². The maximum Gasteiger partial charge on any atom is 0.220 e. The first kappa shape index (κ1) is 11.0. The molecule has 0 radical (unpaired) electrons. The molecule has 1 aliphatic rings. The lowest BCUT2D eigenvalue weighted by Gasteiger charge is -2.12. The summed E-state index contributed by atoms with van der Waals surface area (Å²) in [6.45, 7) is 2.11. The number of hydrogen-bond donors (Lipinski definition) is 1. The van der Waals surface area contributed by atoms with Crippen LogP contribution in [0.2, 0.25) is 0 Å². The van der Waals surface area contributed by atoms with Gasteiger partial charge in [0.1, 0.15) is 0 Å². The van der Waals surface area contributed by atoms with Gasteiger partial charge in [0.25, 0.3) is 0 Å². The van der Waals surface area contributed by atoms with Crippen molar-refractivity contribution in [3.63, 3.8) is 0 Å². The molecule has 1 aliphatic carbocycles. The van der Waals surface area contributed by atoms with Crippen LogP contribution in [0, 0.1) is 5.92 Å². The minimum Gasteiger partial charge on any atom is -0.353 e. The van der Waals surface area contributed by atoms with Gasteiger partial charge in [-0.3, -0.25) is 4.79 Å². The molecule has 0 bridgehead atoms. The highest BCUT2D eigenvalue weighted by atomic mass is 79.9. The molecule has 1 saturated carbocycles. The number of unbranched alkanes of at least 4 members (excludes halogenated alkanes) is 1. The molecule has 1 unspecified atom stereocenters. The number of carbonyl (C=O) groups excluding carboxylic acids is 1. The molecule has 76 valence electrons. The molecule has 2 nitrogen and oxygen atoms in total. The highest BCUT2D eigenvalue weighted by molar-refractivity contribution is 9.09. The van der Waals surface area contributed by atoms with Crippen molar-refractivity contribution in [2.24, 2.45) is 5.92 Å². The van der Waals surface area contributed by atoms with Gasteiger partial charge in [-0.15, -0.1) is 0 Å². The monoisotopic (exact) mass is 247 g/mol. The second-order valence-corrected chi connectivity index (χ2v) is 4.63. The number of rotatable bonds is 6. The molecule has 13 heavy (non-hydrogen) atoms. The lowest BCUT2D eigenvalue weighted by Crippen LogP contribution is -2.33. The summed E-state index contributed by atoms with van der Waals surface area (Å²) in [5.41, 5.74) is 0. The Hall–Kier alpha value is -0.0500. The van der Waals surface area contributed by atoms with E-state index >= 15 is 0 Å². The average Bonchev–Trinajstić information content (AvgIpc) is 2.86. The Kier molecular flexibility index (Phi) is 4.78. The lowest BCUT2D eigenvalue weighted by molar-refractivity contribution is -0.121. The second kappa shape index (κ2) is 5.63. The van der Waals surface area contributed by atoms with E-state index in [1.807, 2.05) is 0 Å². The van der Waals surface area contributed by atoms with Gasteiger partial charge in [0.2, 0.25) is 5.91 Å². The second-order valence-electron chi connectivity index (χ2n) is 3.84. The molecule has 1 atom stereocenters. The summed E-state index contributed by atoms with van der Waals surface area (Å²) in [6, 6.07) is 0.400. The Labute approximate surface area is 88.6 Å². The summed E-state index contributed by atoms with van der Waals surface area (Å²) >= 11 is 3.35. The highest BCUT2D eigenvalue weighted by Crippen LogP contribution is 2.32. The third-order valence-electron chi connectivity index (χ3n) is 2.51. The molecule has 0 spiro atoms. The zero-order valence-electron chi connectivity index (χ0n) is 8.18. The standard InChI is InChI=1S/C10H18BrNO/c1-8(9-5-6-9)12-10(13)4-2-3-7-11/h8-9H,2-7H2,1H3,(H,12,13). The van der Waals surface area contributed by atoms with Crippen molar-refractivity contribution in [3.05, 3.63) is 0 Å². The predicted octanol–water partition coefficient (Wildman–Crippen LogP) is 2.47. The molecule has 1 N–H and O–H groups in total. The minimum atomic E-state index is 0.223. The van der Waals surface area contributed by atoms with Gasteiger partial charge in [0.15, 0.2) is 0 Å². The molecule has 0 aromatic carbocycles. The van der Waals surface area contributed by atoms with Crippen LogP contribution < -0.4 is 5.32 Å². The molecule has 0 aromatic heterocycles. The average molecular weight is 248 g/mol. The predicted molar refractivity (Wildman–Crippen MR) is 58.0 cm³/mol. The topological polar surface area (TPSA) is 29.1 Å². The number of nitrogens with one attached hydrogen (secondary N) is 1. The van der Waals surface area contributed by atoms with Crippen molar-refractivity contribution in [2.45, 2.75) is 45.1 Å².